The third kappa shape index (κ3) is 6.64. The zero-order valence-corrected chi connectivity index (χ0v) is 11.8. The summed E-state index contributed by atoms with van der Waals surface area (Å²) in [5.74, 6) is -0.994. The van der Waals surface area contributed by atoms with E-state index < -0.39 is 24.1 Å². The van der Waals surface area contributed by atoms with Crippen molar-refractivity contribution in [2.45, 2.75) is 46.2 Å². The molecule has 0 saturated heterocycles. The van der Waals surface area contributed by atoms with E-state index in [1.807, 2.05) is 6.92 Å². The quantitative estimate of drug-likeness (QED) is 0.535. The highest BCUT2D eigenvalue weighted by Gasteiger charge is 2.26. The minimum absolute atomic E-state index is 0.206. The van der Waals surface area contributed by atoms with Gasteiger partial charge in [0.1, 0.15) is 12.1 Å². The lowest BCUT2D eigenvalue weighted by molar-refractivity contribution is -0.130. The second-order valence-corrected chi connectivity index (χ2v) is 4.69. The highest BCUT2D eigenvalue weighted by Crippen LogP contribution is 2.02. The average molecular weight is 273 g/mol. The molecule has 0 aromatic carbocycles. The summed E-state index contributed by atoms with van der Waals surface area (Å²) in [7, 11) is 0. The van der Waals surface area contributed by atoms with Crippen LogP contribution >= 0.6 is 0 Å². The van der Waals surface area contributed by atoms with Crippen molar-refractivity contribution in [3.63, 3.8) is 0 Å². The Bertz CT molecular complexity index is 331. The zero-order chi connectivity index (χ0) is 15.0. The predicted molar refractivity (Wildman–Crippen MR) is 70.7 cm³/mol. The van der Waals surface area contributed by atoms with Gasteiger partial charge in [0.05, 0.1) is 0 Å². The maximum Gasteiger partial charge on any atom is 0.405 e. The Morgan fingerprint density at radius 1 is 1.05 bits per heavy atom. The van der Waals surface area contributed by atoms with Crippen LogP contribution in [0.15, 0.2) is 0 Å². The molecule has 0 aliphatic rings. The summed E-state index contributed by atoms with van der Waals surface area (Å²) < 4.78 is 0. The van der Waals surface area contributed by atoms with Gasteiger partial charge in [0.25, 0.3) is 0 Å². The Hall–Kier alpha value is -1.79. The van der Waals surface area contributed by atoms with Crippen LogP contribution in [0, 0.1) is 5.92 Å². The molecule has 0 heterocycles. The lowest BCUT2D eigenvalue weighted by atomic mass is 10.0. The van der Waals surface area contributed by atoms with Gasteiger partial charge in [-0.1, -0.05) is 20.8 Å². The van der Waals surface area contributed by atoms with E-state index >= 15 is 0 Å². The van der Waals surface area contributed by atoms with Crippen LogP contribution in [0.1, 0.15) is 34.1 Å². The molecular weight excluding hydrogens is 250 g/mol. The lowest BCUT2D eigenvalue weighted by Gasteiger charge is -2.22. The number of carboxylic acid groups (broad SMARTS) is 1. The molecule has 19 heavy (non-hydrogen) atoms. The maximum atomic E-state index is 11.9. The van der Waals surface area contributed by atoms with Crippen LogP contribution in [0.5, 0.6) is 0 Å². The summed E-state index contributed by atoms with van der Waals surface area (Å²) in [6, 6.07) is -1.57. The number of hydrogen-bond acceptors (Lipinski definition) is 3. The van der Waals surface area contributed by atoms with Gasteiger partial charge in [0.2, 0.25) is 11.8 Å². The molecule has 0 fully saturated rings. The van der Waals surface area contributed by atoms with Crippen molar-refractivity contribution in [2.24, 2.45) is 5.92 Å². The first kappa shape index (κ1) is 17.2. The van der Waals surface area contributed by atoms with Crippen molar-refractivity contribution in [2.75, 3.05) is 6.54 Å². The van der Waals surface area contributed by atoms with Crippen LogP contribution in [-0.2, 0) is 9.59 Å². The van der Waals surface area contributed by atoms with Gasteiger partial charge in [-0.2, -0.15) is 0 Å². The van der Waals surface area contributed by atoms with Gasteiger partial charge in [-0.05, 0) is 19.3 Å². The molecule has 7 heteroatoms. The topological polar surface area (TPSA) is 108 Å². The number of rotatable bonds is 7. The Balaban J connectivity index is 4.46. The van der Waals surface area contributed by atoms with Crippen LogP contribution < -0.4 is 16.0 Å². The molecule has 110 valence electrons. The van der Waals surface area contributed by atoms with Gasteiger partial charge in [-0.25, -0.2) is 4.79 Å². The molecule has 0 aliphatic carbocycles. The van der Waals surface area contributed by atoms with Gasteiger partial charge in [0.15, 0.2) is 0 Å². The molecule has 0 radical (unpaired) electrons. The van der Waals surface area contributed by atoms with E-state index in [9.17, 15) is 14.4 Å². The smallest absolute Gasteiger partial charge is 0.405 e. The highest BCUT2D eigenvalue weighted by molar-refractivity contribution is 5.91. The summed E-state index contributed by atoms with van der Waals surface area (Å²) >= 11 is 0. The highest BCUT2D eigenvalue weighted by atomic mass is 16.4. The third-order valence-electron chi connectivity index (χ3n) is 2.53. The largest absolute Gasteiger partial charge is 0.465 e. The summed E-state index contributed by atoms with van der Waals surface area (Å²) in [5.41, 5.74) is 0. The molecule has 0 unspecified atom stereocenters. The van der Waals surface area contributed by atoms with E-state index in [1.54, 1.807) is 20.8 Å². The fourth-order valence-corrected chi connectivity index (χ4v) is 1.44. The van der Waals surface area contributed by atoms with E-state index in [4.69, 9.17) is 5.11 Å². The molecule has 0 rings (SSSR count). The first-order chi connectivity index (χ1) is 8.79. The van der Waals surface area contributed by atoms with Crippen molar-refractivity contribution in [3.05, 3.63) is 0 Å². The zero-order valence-electron chi connectivity index (χ0n) is 11.8. The fourth-order valence-electron chi connectivity index (χ4n) is 1.44. The standard InChI is InChI=1S/C12H23N3O4/c1-5-6-13-10(16)8(4)14-11(17)9(7(2)3)15-12(18)19/h7-9,15H,5-6H2,1-4H3,(H,13,16)(H,14,17)(H,18,19)/t8-,9-/m0/s1. The molecule has 0 aromatic heterocycles. The third-order valence-corrected chi connectivity index (χ3v) is 2.53. The van der Waals surface area contributed by atoms with Crippen LogP contribution in [0.4, 0.5) is 4.79 Å². The Morgan fingerprint density at radius 2 is 1.63 bits per heavy atom. The monoisotopic (exact) mass is 273 g/mol. The van der Waals surface area contributed by atoms with Gasteiger partial charge < -0.3 is 21.1 Å². The normalized spacial score (nSPS) is 13.5. The Kier molecular flexibility index (Phi) is 7.55. The molecule has 7 nitrogen and oxygen atoms in total. The molecule has 0 aromatic rings. The maximum absolute atomic E-state index is 11.9. The van der Waals surface area contributed by atoms with Gasteiger partial charge >= 0.3 is 6.09 Å². The SMILES string of the molecule is CCCNC(=O)[C@H](C)NC(=O)[C@@H](NC(=O)O)C(C)C. The summed E-state index contributed by atoms with van der Waals surface area (Å²) in [6.45, 7) is 7.47. The van der Waals surface area contributed by atoms with Crippen molar-refractivity contribution in [1.29, 1.82) is 0 Å². The van der Waals surface area contributed by atoms with Crippen molar-refractivity contribution in [3.8, 4) is 0 Å². The summed E-state index contributed by atoms with van der Waals surface area (Å²) in [4.78, 5) is 34.1. The van der Waals surface area contributed by atoms with Crippen LogP contribution in [0.25, 0.3) is 0 Å². The van der Waals surface area contributed by atoms with E-state index in [2.05, 4.69) is 16.0 Å². The van der Waals surface area contributed by atoms with Crippen molar-refractivity contribution in [1.82, 2.24) is 16.0 Å². The first-order valence-corrected chi connectivity index (χ1v) is 6.37. The number of carbonyl (C=O) groups is 3. The lowest BCUT2D eigenvalue weighted by Crippen LogP contribution is -2.54. The van der Waals surface area contributed by atoms with Gasteiger partial charge in [-0.3, -0.25) is 9.59 Å². The Labute approximate surface area is 113 Å². The van der Waals surface area contributed by atoms with E-state index in [0.29, 0.717) is 6.54 Å². The number of nitrogens with one attached hydrogen (secondary N) is 3. The molecular formula is C12H23N3O4. The van der Waals surface area contributed by atoms with Crippen LogP contribution in [0.2, 0.25) is 0 Å². The summed E-state index contributed by atoms with van der Waals surface area (Å²) in [5, 5.41) is 16.0. The second kappa shape index (κ2) is 8.34. The molecule has 3 amide bonds. The minimum Gasteiger partial charge on any atom is -0.465 e. The molecule has 0 aliphatic heterocycles. The van der Waals surface area contributed by atoms with Crippen molar-refractivity contribution < 1.29 is 19.5 Å². The second-order valence-electron chi connectivity index (χ2n) is 4.69. The summed E-state index contributed by atoms with van der Waals surface area (Å²) in [6.07, 6.45) is -0.460. The average Bonchev–Trinajstić information content (AvgIpc) is 2.31. The van der Waals surface area contributed by atoms with Gasteiger partial charge in [-0.15, -0.1) is 0 Å². The minimum atomic E-state index is -1.27. The van der Waals surface area contributed by atoms with Crippen LogP contribution in [-0.4, -0.2) is 41.6 Å². The predicted octanol–water partition coefficient (Wildman–Crippen LogP) is 0.310. The molecule has 0 spiro atoms. The molecule has 0 saturated carbocycles. The number of amides is 3. The number of hydrogen-bond donors (Lipinski definition) is 4. The fraction of sp³-hybridized carbons (Fsp3) is 0.750. The van der Waals surface area contributed by atoms with Crippen LogP contribution in [0.3, 0.4) is 0 Å². The molecule has 4 N–H and O–H groups in total. The molecule has 2 atom stereocenters. The molecule has 0 bridgehead atoms. The van der Waals surface area contributed by atoms with Gasteiger partial charge in [0, 0.05) is 6.54 Å². The van der Waals surface area contributed by atoms with E-state index in [1.165, 1.54) is 0 Å². The van der Waals surface area contributed by atoms with Crippen molar-refractivity contribution >= 4 is 17.9 Å². The van der Waals surface area contributed by atoms with E-state index in [0.717, 1.165) is 6.42 Å². The number of carbonyl (C=O) groups excluding carboxylic acids is 2. The van der Waals surface area contributed by atoms with E-state index in [-0.39, 0.29) is 11.8 Å². The Morgan fingerprint density at radius 3 is 2.05 bits per heavy atom. The first-order valence-electron chi connectivity index (χ1n) is 6.37.